The van der Waals surface area contributed by atoms with E-state index >= 15 is 0 Å². The largest absolute Gasteiger partial charge is 0.345 e. The van der Waals surface area contributed by atoms with Gasteiger partial charge >= 0.3 is 0 Å². The molecule has 0 saturated carbocycles. The Morgan fingerprint density at radius 3 is 2.50 bits per heavy atom. The van der Waals surface area contributed by atoms with Gasteiger partial charge in [0.1, 0.15) is 6.10 Å². The number of nitrogens with zero attached hydrogens (tertiary/aromatic N) is 1. The molecule has 2 atom stereocenters. The fourth-order valence-corrected chi connectivity index (χ4v) is 1.43. The van der Waals surface area contributed by atoms with E-state index < -0.39 is 5.79 Å². The minimum Gasteiger partial charge on any atom is -0.345 e. The first-order valence-electron chi connectivity index (χ1n) is 4.64. The van der Waals surface area contributed by atoms with Gasteiger partial charge in [0.15, 0.2) is 5.79 Å². The molecular weight excluding hydrogens is 178 g/mol. The minimum atomic E-state index is -0.507. The smallest absolute Gasteiger partial charge is 0.164 e. The van der Waals surface area contributed by atoms with Crippen molar-refractivity contribution in [2.75, 3.05) is 0 Å². The average Bonchev–Trinajstić information content (AvgIpc) is 2.34. The predicted molar refractivity (Wildman–Crippen MR) is 53.4 cm³/mol. The van der Waals surface area contributed by atoms with Crippen LogP contribution in [0.25, 0.3) is 0 Å². The van der Waals surface area contributed by atoms with Gasteiger partial charge in [-0.1, -0.05) is 18.2 Å². The lowest BCUT2D eigenvalue weighted by atomic mass is 10.2. The van der Waals surface area contributed by atoms with E-state index in [0.29, 0.717) is 0 Å². The summed E-state index contributed by atoms with van der Waals surface area (Å²) in [6, 6.07) is 1.92. The number of ether oxygens (including phenoxy) is 2. The molecule has 3 heteroatoms. The van der Waals surface area contributed by atoms with Gasteiger partial charge in [-0.15, -0.1) is 0 Å². The lowest BCUT2D eigenvalue weighted by Crippen LogP contribution is -2.20. The maximum atomic E-state index is 8.27. The second kappa shape index (κ2) is 4.41. The van der Waals surface area contributed by atoms with Gasteiger partial charge in [-0.3, -0.25) is 0 Å². The Hall–Kier alpha value is -1.11. The fourth-order valence-electron chi connectivity index (χ4n) is 1.43. The van der Waals surface area contributed by atoms with Crippen molar-refractivity contribution >= 4 is 0 Å². The van der Waals surface area contributed by atoms with E-state index in [4.69, 9.17) is 14.7 Å². The molecule has 14 heavy (non-hydrogen) atoms. The van der Waals surface area contributed by atoms with Gasteiger partial charge in [-0.25, -0.2) is 0 Å². The molecule has 1 aliphatic heterocycles. The highest BCUT2D eigenvalue weighted by Gasteiger charge is 2.36. The zero-order valence-electron chi connectivity index (χ0n) is 8.73. The average molecular weight is 193 g/mol. The van der Waals surface area contributed by atoms with Gasteiger partial charge in [0, 0.05) is 6.08 Å². The fraction of sp³-hybridized carbons (Fsp3) is 0.545. The van der Waals surface area contributed by atoms with Crippen molar-refractivity contribution in [3.05, 3.63) is 24.3 Å². The van der Waals surface area contributed by atoms with Crippen LogP contribution in [-0.2, 0) is 9.47 Å². The molecule has 1 fully saturated rings. The molecule has 1 aliphatic rings. The SMILES string of the molecule is C[C@H]1OC(C)(C)O[C@H]1/C=C/C=C/C#N. The molecule has 0 aromatic heterocycles. The first-order valence-corrected chi connectivity index (χ1v) is 4.64. The predicted octanol–water partition coefficient (Wildman–Crippen LogP) is 2.16. The Morgan fingerprint density at radius 1 is 1.29 bits per heavy atom. The van der Waals surface area contributed by atoms with E-state index in [9.17, 15) is 0 Å². The number of hydrogen-bond acceptors (Lipinski definition) is 3. The van der Waals surface area contributed by atoms with Crippen molar-refractivity contribution in [1.29, 1.82) is 5.26 Å². The third kappa shape index (κ3) is 2.99. The molecule has 0 spiro atoms. The first kappa shape index (κ1) is 11.0. The van der Waals surface area contributed by atoms with Crippen LogP contribution in [0.5, 0.6) is 0 Å². The molecule has 0 aromatic carbocycles. The molecule has 0 aliphatic carbocycles. The van der Waals surface area contributed by atoms with Crippen LogP contribution in [0.3, 0.4) is 0 Å². The Bertz CT molecular complexity index is 286. The van der Waals surface area contributed by atoms with Crippen molar-refractivity contribution in [2.24, 2.45) is 0 Å². The summed E-state index contributed by atoms with van der Waals surface area (Å²) in [5.41, 5.74) is 0. The van der Waals surface area contributed by atoms with Gasteiger partial charge in [-0.05, 0) is 20.8 Å². The van der Waals surface area contributed by atoms with Crippen molar-refractivity contribution in [3.63, 3.8) is 0 Å². The molecule has 1 saturated heterocycles. The minimum absolute atomic E-state index is 0.0339. The van der Waals surface area contributed by atoms with E-state index in [-0.39, 0.29) is 12.2 Å². The van der Waals surface area contributed by atoms with Crippen LogP contribution in [0.4, 0.5) is 0 Å². The Labute approximate surface area is 84.6 Å². The summed E-state index contributed by atoms with van der Waals surface area (Å²) in [6.07, 6.45) is 6.82. The molecule has 1 heterocycles. The molecule has 0 N–H and O–H groups in total. The first-order chi connectivity index (χ1) is 6.55. The number of rotatable bonds is 2. The van der Waals surface area contributed by atoms with Crippen molar-refractivity contribution < 1.29 is 9.47 Å². The van der Waals surface area contributed by atoms with Crippen LogP contribution < -0.4 is 0 Å². The molecule has 76 valence electrons. The summed E-state index contributed by atoms with van der Waals surface area (Å²) in [5.74, 6) is -0.507. The van der Waals surface area contributed by atoms with E-state index in [1.165, 1.54) is 6.08 Å². The van der Waals surface area contributed by atoms with Crippen LogP contribution in [0, 0.1) is 11.3 Å². The summed E-state index contributed by atoms with van der Waals surface area (Å²) in [7, 11) is 0. The summed E-state index contributed by atoms with van der Waals surface area (Å²) < 4.78 is 11.2. The highest BCUT2D eigenvalue weighted by molar-refractivity contribution is 5.13. The zero-order valence-corrected chi connectivity index (χ0v) is 8.73. The van der Waals surface area contributed by atoms with Gasteiger partial charge in [-0.2, -0.15) is 5.26 Å². The van der Waals surface area contributed by atoms with E-state index in [2.05, 4.69) is 0 Å². The Balaban J connectivity index is 2.51. The second-order valence-electron chi connectivity index (χ2n) is 3.68. The Kier molecular flexibility index (Phi) is 3.45. The highest BCUT2D eigenvalue weighted by Crippen LogP contribution is 2.28. The van der Waals surface area contributed by atoms with Gasteiger partial charge < -0.3 is 9.47 Å². The highest BCUT2D eigenvalue weighted by atomic mass is 16.7. The number of nitriles is 1. The maximum Gasteiger partial charge on any atom is 0.164 e. The van der Waals surface area contributed by atoms with E-state index in [0.717, 1.165) is 0 Å². The molecule has 0 amide bonds. The monoisotopic (exact) mass is 193 g/mol. The van der Waals surface area contributed by atoms with E-state index in [1.807, 2.05) is 32.9 Å². The van der Waals surface area contributed by atoms with Crippen molar-refractivity contribution in [1.82, 2.24) is 0 Å². The Morgan fingerprint density at radius 2 is 2.00 bits per heavy atom. The molecule has 0 radical (unpaired) electrons. The van der Waals surface area contributed by atoms with Gasteiger partial charge in [0.2, 0.25) is 0 Å². The van der Waals surface area contributed by atoms with Crippen LogP contribution in [0.1, 0.15) is 20.8 Å². The van der Waals surface area contributed by atoms with Crippen LogP contribution >= 0.6 is 0 Å². The van der Waals surface area contributed by atoms with Crippen molar-refractivity contribution in [3.8, 4) is 6.07 Å². The van der Waals surface area contributed by atoms with Crippen molar-refractivity contribution in [2.45, 2.75) is 38.8 Å². The molecular formula is C11H15NO2. The molecule has 0 bridgehead atoms. The summed E-state index contributed by atoms with van der Waals surface area (Å²) in [4.78, 5) is 0. The van der Waals surface area contributed by atoms with Gasteiger partial charge in [0.05, 0.1) is 12.2 Å². The number of hydrogen-bond donors (Lipinski definition) is 0. The third-order valence-corrected chi connectivity index (χ3v) is 1.93. The molecule has 1 rings (SSSR count). The second-order valence-corrected chi connectivity index (χ2v) is 3.68. The quantitative estimate of drug-likeness (QED) is 0.498. The summed E-state index contributed by atoms with van der Waals surface area (Å²) >= 11 is 0. The molecule has 0 aromatic rings. The third-order valence-electron chi connectivity index (χ3n) is 1.93. The number of allylic oxidation sites excluding steroid dienone is 3. The standard InChI is InChI=1S/C11H15NO2/c1-9-10(7-5-4-6-8-12)14-11(2,3)13-9/h4-7,9-10H,1-3H3/b6-4+,7-5+/t9-,10+/m1/s1. The van der Waals surface area contributed by atoms with Crippen LogP contribution in [0.2, 0.25) is 0 Å². The lowest BCUT2D eigenvalue weighted by Gasteiger charge is -2.15. The lowest BCUT2D eigenvalue weighted by molar-refractivity contribution is -0.141. The molecule has 3 nitrogen and oxygen atoms in total. The maximum absolute atomic E-state index is 8.27. The summed E-state index contributed by atoms with van der Waals surface area (Å²) in [6.45, 7) is 5.75. The van der Waals surface area contributed by atoms with Crippen LogP contribution in [-0.4, -0.2) is 18.0 Å². The molecule has 0 unspecified atom stereocenters. The van der Waals surface area contributed by atoms with E-state index in [1.54, 1.807) is 12.2 Å². The normalized spacial score (nSPS) is 31.3. The summed E-state index contributed by atoms with van der Waals surface area (Å²) in [5, 5.41) is 8.27. The van der Waals surface area contributed by atoms with Crippen LogP contribution in [0.15, 0.2) is 24.3 Å². The zero-order chi connectivity index (χ0) is 10.6. The topological polar surface area (TPSA) is 42.2 Å². The van der Waals surface area contributed by atoms with Gasteiger partial charge in [0.25, 0.3) is 0 Å².